The van der Waals surface area contributed by atoms with E-state index in [4.69, 9.17) is 5.11 Å². The van der Waals surface area contributed by atoms with Gasteiger partial charge in [-0.3, -0.25) is 4.98 Å². The van der Waals surface area contributed by atoms with Gasteiger partial charge in [0.15, 0.2) is 0 Å². The lowest BCUT2D eigenvalue weighted by Crippen LogP contribution is -1.81. The lowest BCUT2D eigenvalue weighted by atomic mass is 10.3. The maximum atomic E-state index is 7.88. The van der Waals surface area contributed by atoms with Gasteiger partial charge in [0, 0.05) is 18.5 Å². The van der Waals surface area contributed by atoms with Crippen LogP contribution in [0.5, 0.6) is 0 Å². The summed E-state index contributed by atoms with van der Waals surface area (Å²) in [5.41, 5.74) is 1.16. The number of hydrogen-bond acceptors (Lipinski definition) is 2. The van der Waals surface area contributed by atoms with Gasteiger partial charge in [0.05, 0.1) is 0 Å². The minimum atomic E-state index is 0.319. The molecule has 1 heterocycles. The third-order valence-electron chi connectivity index (χ3n) is 1.31. The normalized spacial score (nSPS) is 8.58. The highest BCUT2D eigenvalue weighted by Crippen LogP contribution is 1.91. The van der Waals surface area contributed by atoms with Crippen LogP contribution in [0.25, 0.3) is 0 Å². The van der Waals surface area contributed by atoms with Gasteiger partial charge in [-0.2, -0.15) is 0 Å². The van der Waals surface area contributed by atoms with E-state index in [1.807, 2.05) is 31.3 Å². The molecule has 0 aromatic carbocycles. The molecule has 0 amide bonds. The molecule has 0 radical (unpaired) electrons. The molecule has 0 saturated carbocycles. The zero-order valence-electron chi connectivity index (χ0n) is 7.83. The van der Waals surface area contributed by atoms with Gasteiger partial charge < -0.3 is 5.11 Å². The van der Waals surface area contributed by atoms with Crippen molar-refractivity contribution in [2.24, 2.45) is 0 Å². The second-order valence-electron chi connectivity index (χ2n) is 2.40. The number of aliphatic hydroxyl groups excluding tert-OH is 1. The molecule has 68 valence electrons. The van der Waals surface area contributed by atoms with Crippen LogP contribution in [0.2, 0.25) is 0 Å². The minimum Gasteiger partial charge on any atom is -0.396 e. The van der Waals surface area contributed by atoms with Crippen LogP contribution in [0.4, 0.5) is 0 Å². The summed E-state index contributed by atoms with van der Waals surface area (Å²) in [5.74, 6) is 0. The molecule has 1 aromatic rings. The van der Waals surface area contributed by atoms with Gasteiger partial charge in [0.2, 0.25) is 0 Å². The SMILES string of the molecule is CCCO.CCc1ccccn1. The fraction of sp³-hybridized carbons (Fsp3) is 0.500. The number of aliphatic hydroxyl groups is 1. The number of nitrogens with zero attached hydrogens (tertiary/aromatic N) is 1. The predicted octanol–water partition coefficient (Wildman–Crippen LogP) is 2.03. The molecule has 0 saturated heterocycles. The monoisotopic (exact) mass is 167 g/mol. The van der Waals surface area contributed by atoms with Crippen LogP contribution < -0.4 is 0 Å². The van der Waals surface area contributed by atoms with Crippen LogP contribution in [0.1, 0.15) is 26.0 Å². The third-order valence-corrected chi connectivity index (χ3v) is 1.31. The van der Waals surface area contributed by atoms with Gasteiger partial charge in [-0.05, 0) is 25.0 Å². The summed E-state index contributed by atoms with van der Waals surface area (Å²) < 4.78 is 0. The molecule has 0 aliphatic rings. The first-order chi connectivity index (χ1) is 5.85. The Hall–Kier alpha value is -0.890. The summed E-state index contributed by atoms with van der Waals surface area (Å²) in [6, 6.07) is 5.96. The van der Waals surface area contributed by atoms with E-state index >= 15 is 0 Å². The Morgan fingerprint density at radius 3 is 2.25 bits per heavy atom. The fourth-order valence-corrected chi connectivity index (χ4v) is 0.607. The summed E-state index contributed by atoms with van der Waals surface area (Å²) in [6.07, 6.45) is 3.72. The zero-order valence-corrected chi connectivity index (χ0v) is 7.83. The van der Waals surface area contributed by atoms with Crippen LogP contribution >= 0.6 is 0 Å². The van der Waals surface area contributed by atoms with Crippen molar-refractivity contribution in [2.75, 3.05) is 6.61 Å². The average molecular weight is 167 g/mol. The van der Waals surface area contributed by atoms with E-state index in [9.17, 15) is 0 Å². The Bertz CT molecular complexity index is 172. The Labute approximate surface area is 74.3 Å². The second-order valence-corrected chi connectivity index (χ2v) is 2.40. The van der Waals surface area contributed by atoms with Crippen LogP contribution in [0, 0.1) is 0 Å². The van der Waals surface area contributed by atoms with E-state index in [0.717, 1.165) is 18.5 Å². The molecule has 2 heteroatoms. The highest BCUT2D eigenvalue weighted by Gasteiger charge is 1.81. The standard InChI is InChI=1S/C7H9N.C3H8O/c1-2-7-5-3-4-6-8-7;1-2-3-4/h3-6H,2H2,1H3;4H,2-3H2,1H3. The molecule has 0 fully saturated rings. The van der Waals surface area contributed by atoms with Crippen LogP contribution in [-0.4, -0.2) is 16.7 Å². The maximum absolute atomic E-state index is 7.88. The van der Waals surface area contributed by atoms with E-state index in [2.05, 4.69) is 11.9 Å². The fourth-order valence-electron chi connectivity index (χ4n) is 0.607. The number of rotatable bonds is 2. The van der Waals surface area contributed by atoms with E-state index in [-0.39, 0.29) is 0 Å². The number of aromatic nitrogens is 1. The summed E-state index contributed by atoms with van der Waals surface area (Å²) in [6.45, 7) is 4.35. The molecule has 0 spiro atoms. The van der Waals surface area contributed by atoms with Gasteiger partial charge in [0.25, 0.3) is 0 Å². The first-order valence-electron chi connectivity index (χ1n) is 4.35. The molecule has 1 rings (SSSR count). The van der Waals surface area contributed by atoms with Crippen molar-refractivity contribution >= 4 is 0 Å². The topological polar surface area (TPSA) is 33.1 Å². The molecule has 0 atom stereocenters. The third kappa shape index (κ3) is 5.86. The van der Waals surface area contributed by atoms with E-state index < -0.39 is 0 Å². The average Bonchev–Trinajstić information content (AvgIpc) is 2.19. The van der Waals surface area contributed by atoms with Crippen LogP contribution in [0.3, 0.4) is 0 Å². The van der Waals surface area contributed by atoms with E-state index in [0.29, 0.717) is 6.61 Å². The van der Waals surface area contributed by atoms with Gasteiger partial charge >= 0.3 is 0 Å². The van der Waals surface area contributed by atoms with Gasteiger partial charge in [-0.25, -0.2) is 0 Å². The molecule has 0 bridgehead atoms. The number of pyridine rings is 1. The van der Waals surface area contributed by atoms with Gasteiger partial charge in [-0.15, -0.1) is 0 Å². The molecule has 0 aliphatic heterocycles. The molecule has 12 heavy (non-hydrogen) atoms. The van der Waals surface area contributed by atoms with E-state index in [1.54, 1.807) is 0 Å². The van der Waals surface area contributed by atoms with Crippen molar-refractivity contribution in [1.29, 1.82) is 0 Å². The first-order valence-corrected chi connectivity index (χ1v) is 4.35. The first kappa shape index (κ1) is 11.1. The smallest absolute Gasteiger partial charge is 0.0428 e. The van der Waals surface area contributed by atoms with Crippen molar-refractivity contribution in [1.82, 2.24) is 4.98 Å². The van der Waals surface area contributed by atoms with Crippen molar-refractivity contribution in [3.8, 4) is 0 Å². The quantitative estimate of drug-likeness (QED) is 0.731. The lowest BCUT2D eigenvalue weighted by Gasteiger charge is -1.88. The van der Waals surface area contributed by atoms with Crippen LogP contribution in [0.15, 0.2) is 24.4 Å². The number of aryl methyl sites for hydroxylation is 1. The Kier molecular flexibility index (Phi) is 7.60. The molecular weight excluding hydrogens is 150 g/mol. The van der Waals surface area contributed by atoms with E-state index in [1.165, 1.54) is 0 Å². The Morgan fingerprint density at radius 1 is 1.33 bits per heavy atom. The highest BCUT2D eigenvalue weighted by atomic mass is 16.2. The minimum absolute atomic E-state index is 0.319. The van der Waals surface area contributed by atoms with Gasteiger partial charge in [-0.1, -0.05) is 19.9 Å². The predicted molar refractivity (Wildman–Crippen MR) is 51.0 cm³/mol. The lowest BCUT2D eigenvalue weighted by molar-refractivity contribution is 0.295. The molecule has 1 aromatic heterocycles. The highest BCUT2D eigenvalue weighted by molar-refractivity contribution is 5.02. The summed E-state index contributed by atoms with van der Waals surface area (Å²) in [7, 11) is 0. The Balaban J connectivity index is 0.000000261. The molecule has 0 unspecified atom stereocenters. The summed E-state index contributed by atoms with van der Waals surface area (Å²) in [4.78, 5) is 4.10. The van der Waals surface area contributed by atoms with Gasteiger partial charge in [0.1, 0.15) is 0 Å². The van der Waals surface area contributed by atoms with Crippen molar-refractivity contribution in [3.63, 3.8) is 0 Å². The summed E-state index contributed by atoms with van der Waals surface area (Å²) in [5, 5.41) is 7.88. The zero-order chi connectivity index (χ0) is 9.23. The number of hydrogen-bond donors (Lipinski definition) is 1. The van der Waals surface area contributed by atoms with Crippen LogP contribution in [-0.2, 0) is 6.42 Å². The molecular formula is C10H17NO. The van der Waals surface area contributed by atoms with Crippen molar-refractivity contribution in [2.45, 2.75) is 26.7 Å². The second kappa shape index (κ2) is 8.21. The maximum Gasteiger partial charge on any atom is 0.0428 e. The van der Waals surface area contributed by atoms with Crippen molar-refractivity contribution < 1.29 is 5.11 Å². The Morgan fingerprint density at radius 2 is 2.00 bits per heavy atom. The molecule has 2 nitrogen and oxygen atoms in total. The summed E-state index contributed by atoms with van der Waals surface area (Å²) >= 11 is 0. The van der Waals surface area contributed by atoms with Crippen molar-refractivity contribution in [3.05, 3.63) is 30.1 Å². The molecule has 0 aliphatic carbocycles. The molecule has 1 N–H and O–H groups in total. The largest absolute Gasteiger partial charge is 0.396 e.